The molecule has 0 saturated heterocycles. The summed E-state index contributed by atoms with van der Waals surface area (Å²) in [5.74, 6) is 0.723. The zero-order valence-electron chi connectivity index (χ0n) is 12.3. The summed E-state index contributed by atoms with van der Waals surface area (Å²) in [5.41, 5.74) is 0.676. The van der Waals surface area contributed by atoms with E-state index in [2.05, 4.69) is 9.97 Å². The van der Waals surface area contributed by atoms with Crippen molar-refractivity contribution >= 4 is 5.95 Å². The molecule has 1 saturated carbocycles. The Kier molecular flexibility index (Phi) is 4.20. The van der Waals surface area contributed by atoms with Gasteiger partial charge in [-0.15, -0.1) is 0 Å². The van der Waals surface area contributed by atoms with Crippen molar-refractivity contribution in [3.05, 3.63) is 47.9 Å². The van der Waals surface area contributed by atoms with Crippen LogP contribution in [0.3, 0.4) is 0 Å². The minimum atomic E-state index is -0.726. The third-order valence-electron chi connectivity index (χ3n) is 3.70. The maximum absolute atomic E-state index is 13.0. The third kappa shape index (κ3) is 3.33. The number of aliphatic hydroxyl groups is 1. The molecular formula is C16H18FN3O2. The first kappa shape index (κ1) is 14.7. The van der Waals surface area contributed by atoms with Crippen molar-refractivity contribution in [1.29, 1.82) is 0 Å². The monoisotopic (exact) mass is 303 g/mol. The highest BCUT2D eigenvalue weighted by Gasteiger charge is 2.32. The van der Waals surface area contributed by atoms with Gasteiger partial charge in [0.1, 0.15) is 5.82 Å². The number of halogens is 1. The molecule has 116 valence electrons. The van der Waals surface area contributed by atoms with Crippen LogP contribution in [0.15, 0.2) is 36.5 Å². The fourth-order valence-electron chi connectivity index (χ4n) is 2.34. The number of ether oxygens (including phenoxy) is 1. The van der Waals surface area contributed by atoms with Gasteiger partial charge in [-0.05, 0) is 30.5 Å². The first-order valence-corrected chi connectivity index (χ1v) is 7.24. The van der Waals surface area contributed by atoms with E-state index in [0.29, 0.717) is 30.0 Å². The molecule has 5 nitrogen and oxygen atoms in total. The van der Waals surface area contributed by atoms with Crippen LogP contribution in [0, 0.1) is 5.82 Å². The molecule has 22 heavy (non-hydrogen) atoms. The molecule has 0 aliphatic heterocycles. The fourth-order valence-corrected chi connectivity index (χ4v) is 2.34. The Labute approximate surface area is 128 Å². The third-order valence-corrected chi connectivity index (χ3v) is 3.70. The lowest BCUT2D eigenvalue weighted by Crippen LogP contribution is -2.32. The summed E-state index contributed by atoms with van der Waals surface area (Å²) in [4.78, 5) is 10.6. The summed E-state index contributed by atoms with van der Waals surface area (Å²) in [7, 11) is 1.56. The Morgan fingerprint density at radius 3 is 2.68 bits per heavy atom. The van der Waals surface area contributed by atoms with Crippen LogP contribution in [-0.2, 0) is 0 Å². The second-order valence-electron chi connectivity index (χ2n) is 5.35. The number of rotatable bonds is 6. The molecule has 1 heterocycles. The molecule has 1 N–H and O–H groups in total. The van der Waals surface area contributed by atoms with Gasteiger partial charge in [-0.2, -0.15) is 4.98 Å². The van der Waals surface area contributed by atoms with Crippen LogP contribution < -0.4 is 9.64 Å². The smallest absolute Gasteiger partial charge is 0.228 e. The SMILES string of the molecule is COc1ccnc(N(CC(O)c2ccc(F)cc2)C2CC2)n1. The molecule has 2 aromatic rings. The average Bonchev–Trinajstić information content (AvgIpc) is 3.38. The van der Waals surface area contributed by atoms with Gasteiger partial charge in [-0.25, -0.2) is 9.37 Å². The standard InChI is InChI=1S/C16H18FN3O2/c1-22-15-8-9-18-16(19-15)20(13-6-7-13)10-14(21)11-2-4-12(17)5-3-11/h2-5,8-9,13-14,21H,6-7,10H2,1H3. The summed E-state index contributed by atoms with van der Waals surface area (Å²) in [6.45, 7) is 0.365. The summed E-state index contributed by atoms with van der Waals surface area (Å²) in [5, 5.41) is 10.4. The molecule has 3 rings (SSSR count). The Morgan fingerprint density at radius 1 is 1.32 bits per heavy atom. The molecule has 1 unspecified atom stereocenters. The molecule has 6 heteroatoms. The van der Waals surface area contributed by atoms with Gasteiger partial charge in [0.25, 0.3) is 0 Å². The van der Waals surface area contributed by atoms with Gasteiger partial charge in [0.05, 0.1) is 19.8 Å². The second-order valence-corrected chi connectivity index (χ2v) is 5.35. The van der Waals surface area contributed by atoms with Crippen molar-refractivity contribution in [1.82, 2.24) is 9.97 Å². The highest BCUT2D eigenvalue weighted by molar-refractivity contribution is 5.37. The van der Waals surface area contributed by atoms with E-state index in [1.54, 1.807) is 31.5 Å². The van der Waals surface area contributed by atoms with E-state index in [0.717, 1.165) is 12.8 Å². The van der Waals surface area contributed by atoms with E-state index in [1.165, 1.54) is 12.1 Å². The van der Waals surface area contributed by atoms with Crippen molar-refractivity contribution in [2.24, 2.45) is 0 Å². The highest BCUT2D eigenvalue weighted by atomic mass is 19.1. The second kappa shape index (κ2) is 6.27. The molecule has 0 bridgehead atoms. The molecule has 1 atom stereocenters. The molecule has 1 aromatic carbocycles. The van der Waals surface area contributed by atoms with Gasteiger partial charge in [-0.3, -0.25) is 0 Å². The summed E-state index contributed by atoms with van der Waals surface area (Å²) in [6, 6.07) is 7.91. The topological polar surface area (TPSA) is 58.5 Å². The number of hydrogen-bond acceptors (Lipinski definition) is 5. The van der Waals surface area contributed by atoms with Gasteiger partial charge in [0.15, 0.2) is 0 Å². The van der Waals surface area contributed by atoms with Crippen LogP contribution in [0.2, 0.25) is 0 Å². The Morgan fingerprint density at radius 2 is 2.05 bits per heavy atom. The number of benzene rings is 1. The maximum Gasteiger partial charge on any atom is 0.228 e. The lowest BCUT2D eigenvalue weighted by molar-refractivity contribution is 0.182. The quantitative estimate of drug-likeness (QED) is 0.887. The number of aliphatic hydroxyl groups excluding tert-OH is 1. The van der Waals surface area contributed by atoms with Gasteiger partial charge in [0, 0.05) is 18.3 Å². The van der Waals surface area contributed by atoms with Crippen LogP contribution in [0.1, 0.15) is 24.5 Å². The van der Waals surface area contributed by atoms with Crippen molar-refractivity contribution in [3.8, 4) is 5.88 Å². The van der Waals surface area contributed by atoms with E-state index >= 15 is 0 Å². The molecule has 0 amide bonds. The first-order chi connectivity index (χ1) is 10.7. The number of hydrogen-bond donors (Lipinski definition) is 1. The number of aromatic nitrogens is 2. The lowest BCUT2D eigenvalue weighted by atomic mass is 10.1. The average molecular weight is 303 g/mol. The van der Waals surface area contributed by atoms with Crippen LogP contribution in [0.4, 0.5) is 10.3 Å². The van der Waals surface area contributed by atoms with Crippen molar-refractivity contribution in [2.75, 3.05) is 18.6 Å². The highest BCUT2D eigenvalue weighted by Crippen LogP contribution is 2.32. The van der Waals surface area contributed by atoms with Crippen molar-refractivity contribution < 1.29 is 14.2 Å². The summed E-state index contributed by atoms with van der Waals surface area (Å²) < 4.78 is 18.1. The summed E-state index contributed by atoms with van der Waals surface area (Å²) in [6.07, 6.45) is 3.02. The van der Waals surface area contributed by atoms with Gasteiger partial charge in [0.2, 0.25) is 11.8 Å². The molecule has 0 spiro atoms. The van der Waals surface area contributed by atoms with E-state index < -0.39 is 6.10 Å². The number of anilines is 1. The van der Waals surface area contributed by atoms with E-state index in [-0.39, 0.29) is 5.82 Å². The molecule has 1 aliphatic rings. The van der Waals surface area contributed by atoms with Crippen LogP contribution in [-0.4, -0.2) is 34.8 Å². The molecule has 1 aliphatic carbocycles. The van der Waals surface area contributed by atoms with Gasteiger partial charge in [-0.1, -0.05) is 12.1 Å². The predicted molar refractivity (Wildman–Crippen MR) is 80.3 cm³/mol. The molecule has 1 aromatic heterocycles. The fraction of sp³-hybridized carbons (Fsp3) is 0.375. The van der Waals surface area contributed by atoms with Gasteiger partial charge >= 0.3 is 0 Å². The minimum absolute atomic E-state index is 0.314. The van der Waals surface area contributed by atoms with Crippen molar-refractivity contribution in [3.63, 3.8) is 0 Å². The first-order valence-electron chi connectivity index (χ1n) is 7.24. The lowest BCUT2D eigenvalue weighted by Gasteiger charge is -2.25. The zero-order valence-corrected chi connectivity index (χ0v) is 12.3. The van der Waals surface area contributed by atoms with Gasteiger partial charge < -0.3 is 14.7 Å². The molecule has 1 fully saturated rings. The van der Waals surface area contributed by atoms with Crippen molar-refractivity contribution in [2.45, 2.75) is 25.0 Å². The molecular weight excluding hydrogens is 285 g/mol. The molecule has 0 radical (unpaired) electrons. The Hall–Kier alpha value is -2.21. The normalized spacial score (nSPS) is 15.4. The van der Waals surface area contributed by atoms with E-state index in [9.17, 15) is 9.50 Å². The largest absolute Gasteiger partial charge is 0.481 e. The Bertz CT molecular complexity index is 632. The van der Waals surface area contributed by atoms with E-state index in [1.807, 2.05) is 4.90 Å². The minimum Gasteiger partial charge on any atom is -0.481 e. The Balaban J connectivity index is 1.78. The van der Waals surface area contributed by atoms with E-state index in [4.69, 9.17) is 4.74 Å². The number of nitrogens with zero attached hydrogens (tertiary/aromatic N) is 3. The maximum atomic E-state index is 13.0. The van der Waals surface area contributed by atoms with Crippen LogP contribution in [0.25, 0.3) is 0 Å². The predicted octanol–water partition coefficient (Wildman–Crippen LogP) is 2.33. The van der Waals surface area contributed by atoms with Crippen LogP contribution in [0.5, 0.6) is 5.88 Å². The number of methoxy groups -OCH3 is 1. The summed E-state index contributed by atoms with van der Waals surface area (Å²) >= 11 is 0. The zero-order chi connectivity index (χ0) is 15.5. The van der Waals surface area contributed by atoms with Crippen LogP contribution >= 0.6 is 0 Å².